The van der Waals surface area contributed by atoms with Gasteiger partial charge in [0.25, 0.3) is 0 Å². The fraction of sp³-hybridized carbons (Fsp3) is 0. The molecule has 5 nitrogen and oxygen atoms in total. The molecule has 0 amide bonds. The summed E-state index contributed by atoms with van der Waals surface area (Å²) in [5.41, 5.74) is 1.90. The van der Waals surface area contributed by atoms with Gasteiger partial charge >= 0.3 is 0 Å². The maximum absolute atomic E-state index is 13.7. The number of phenolic OH excluding ortho intramolecular Hbond substituents is 2. The average molecular weight is 321 g/mol. The highest BCUT2D eigenvalue weighted by molar-refractivity contribution is 5.84. The fourth-order valence-electron chi connectivity index (χ4n) is 2.67. The smallest absolute Gasteiger partial charge is 0.165 e. The molecular formula is C18H12FN3O2. The molecule has 2 heterocycles. The highest BCUT2D eigenvalue weighted by atomic mass is 19.1. The number of hydrogen-bond acceptors (Lipinski definition) is 4. The number of imidazole rings is 1. The Labute approximate surface area is 136 Å². The Bertz CT molecular complexity index is 1060. The first-order valence-corrected chi connectivity index (χ1v) is 7.27. The predicted molar refractivity (Wildman–Crippen MR) is 87.1 cm³/mol. The maximum Gasteiger partial charge on any atom is 0.165 e. The molecule has 0 bridgehead atoms. The van der Waals surface area contributed by atoms with E-state index in [2.05, 4.69) is 10.1 Å². The van der Waals surface area contributed by atoms with Crippen LogP contribution in [0.25, 0.3) is 28.2 Å². The molecule has 118 valence electrons. The second-order valence-electron chi connectivity index (χ2n) is 5.26. The Balaban J connectivity index is 2.06. The average Bonchev–Trinajstić information content (AvgIpc) is 2.97. The van der Waals surface area contributed by atoms with E-state index in [4.69, 9.17) is 0 Å². The third kappa shape index (κ3) is 2.08. The molecule has 0 unspecified atom stereocenters. The van der Waals surface area contributed by atoms with Crippen LogP contribution in [0.3, 0.4) is 0 Å². The third-order valence-electron chi connectivity index (χ3n) is 3.80. The van der Waals surface area contributed by atoms with Gasteiger partial charge in [-0.05, 0) is 36.4 Å². The van der Waals surface area contributed by atoms with Crippen molar-refractivity contribution in [3.8, 4) is 34.1 Å². The quantitative estimate of drug-likeness (QED) is 0.591. The van der Waals surface area contributed by atoms with Crippen LogP contribution in [-0.4, -0.2) is 24.8 Å². The third-order valence-corrected chi connectivity index (χ3v) is 3.80. The van der Waals surface area contributed by atoms with Gasteiger partial charge in [0.1, 0.15) is 11.4 Å². The molecule has 0 saturated carbocycles. The van der Waals surface area contributed by atoms with Gasteiger partial charge in [-0.15, -0.1) is 0 Å². The number of rotatable bonds is 2. The molecule has 2 aromatic carbocycles. The SMILES string of the molecule is Oc1ccccc1-c1nc(-c2cccc(F)c2O)n2ncccc12. The molecule has 6 heteroatoms. The van der Waals surface area contributed by atoms with Crippen molar-refractivity contribution in [3.63, 3.8) is 0 Å². The number of fused-ring (bicyclic) bond motifs is 1. The molecule has 0 fully saturated rings. The van der Waals surface area contributed by atoms with E-state index in [-0.39, 0.29) is 11.3 Å². The van der Waals surface area contributed by atoms with Crippen LogP contribution < -0.4 is 0 Å². The van der Waals surface area contributed by atoms with Gasteiger partial charge in [0, 0.05) is 11.8 Å². The van der Waals surface area contributed by atoms with Gasteiger partial charge in [0.2, 0.25) is 0 Å². The van der Waals surface area contributed by atoms with E-state index in [1.807, 2.05) is 0 Å². The number of aromatic nitrogens is 3. The lowest BCUT2D eigenvalue weighted by atomic mass is 10.1. The first-order valence-electron chi connectivity index (χ1n) is 7.27. The van der Waals surface area contributed by atoms with Crippen LogP contribution in [-0.2, 0) is 0 Å². The molecule has 0 aliphatic carbocycles. The van der Waals surface area contributed by atoms with Gasteiger partial charge in [0.05, 0.1) is 11.1 Å². The molecule has 2 N–H and O–H groups in total. The van der Waals surface area contributed by atoms with Gasteiger partial charge in [0.15, 0.2) is 17.4 Å². The standard InChI is InChI=1S/C18H12FN3O2/c19-13-7-3-6-12(17(13)24)18-21-16(11-5-1-2-9-15(11)23)14-8-4-10-20-22(14)18/h1-10,23-24H. The van der Waals surface area contributed by atoms with Gasteiger partial charge in [-0.3, -0.25) is 0 Å². The Morgan fingerprint density at radius 1 is 0.875 bits per heavy atom. The molecule has 0 aliphatic rings. The van der Waals surface area contributed by atoms with Crippen molar-refractivity contribution in [1.29, 1.82) is 0 Å². The maximum atomic E-state index is 13.7. The lowest BCUT2D eigenvalue weighted by Crippen LogP contribution is -1.94. The molecule has 0 radical (unpaired) electrons. The van der Waals surface area contributed by atoms with Crippen LogP contribution in [0.4, 0.5) is 4.39 Å². The molecular weight excluding hydrogens is 309 g/mol. The van der Waals surface area contributed by atoms with Crippen molar-refractivity contribution in [1.82, 2.24) is 14.6 Å². The van der Waals surface area contributed by atoms with E-state index in [0.717, 1.165) is 0 Å². The Morgan fingerprint density at radius 2 is 1.67 bits per heavy atom. The molecule has 0 atom stereocenters. The van der Waals surface area contributed by atoms with Crippen molar-refractivity contribution in [2.24, 2.45) is 0 Å². The molecule has 0 spiro atoms. The molecule has 2 aromatic heterocycles. The Kier molecular flexibility index (Phi) is 3.16. The van der Waals surface area contributed by atoms with E-state index >= 15 is 0 Å². The van der Waals surface area contributed by atoms with Crippen molar-refractivity contribution >= 4 is 5.52 Å². The highest BCUT2D eigenvalue weighted by Gasteiger charge is 2.20. The van der Waals surface area contributed by atoms with Crippen LogP contribution in [0.1, 0.15) is 0 Å². The summed E-state index contributed by atoms with van der Waals surface area (Å²) in [7, 11) is 0. The second-order valence-corrected chi connectivity index (χ2v) is 5.26. The first-order chi connectivity index (χ1) is 11.7. The number of hydrogen-bond donors (Lipinski definition) is 2. The summed E-state index contributed by atoms with van der Waals surface area (Å²) in [6, 6.07) is 14.6. The number of phenols is 2. The summed E-state index contributed by atoms with van der Waals surface area (Å²) in [6.07, 6.45) is 1.57. The van der Waals surface area contributed by atoms with Crippen LogP contribution in [0.15, 0.2) is 60.8 Å². The summed E-state index contributed by atoms with van der Waals surface area (Å²) >= 11 is 0. The molecule has 0 saturated heterocycles. The van der Waals surface area contributed by atoms with Gasteiger partial charge in [-0.25, -0.2) is 13.9 Å². The molecule has 4 rings (SSSR count). The zero-order valence-electron chi connectivity index (χ0n) is 12.4. The second kappa shape index (κ2) is 5.34. The van der Waals surface area contributed by atoms with Crippen molar-refractivity contribution in [2.45, 2.75) is 0 Å². The van der Waals surface area contributed by atoms with Crippen molar-refractivity contribution in [3.05, 3.63) is 66.6 Å². The number of para-hydroxylation sites is 2. The van der Waals surface area contributed by atoms with Gasteiger partial charge < -0.3 is 10.2 Å². The van der Waals surface area contributed by atoms with Crippen molar-refractivity contribution in [2.75, 3.05) is 0 Å². The Hall–Kier alpha value is -3.41. The minimum atomic E-state index is -0.732. The van der Waals surface area contributed by atoms with Crippen LogP contribution >= 0.6 is 0 Å². The number of nitrogens with zero attached hydrogens (tertiary/aromatic N) is 3. The number of benzene rings is 2. The fourth-order valence-corrected chi connectivity index (χ4v) is 2.67. The minimum absolute atomic E-state index is 0.0800. The normalized spacial score (nSPS) is 11.0. The number of aromatic hydroxyl groups is 2. The van der Waals surface area contributed by atoms with E-state index in [1.54, 1.807) is 48.7 Å². The van der Waals surface area contributed by atoms with Crippen LogP contribution in [0.2, 0.25) is 0 Å². The lowest BCUT2D eigenvalue weighted by Gasteiger charge is -2.03. The number of halogens is 1. The summed E-state index contributed by atoms with van der Waals surface area (Å²) in [4.78, 5) is 4.51. The summed E-state index contributed by atoms with van der Waals surface area (Å²) in [5.74, 6) is -0.847. The van der Waals surface area contributed by atoms with E-state index in [9.17, 15) is 14.6 Å². The van der Waals surface area contributed by atoms with Crippen LogP contribution in [0.5, 0.6) is 11.5 Å². The summed E-state index contributed by atoms with van der Waals surface area (Å²) in [5, 5.41) is 24.4. The lowest BCUT2D eigenvalue weighted by molar-refractivity contribution is 0.434. The minimum Gasteiger partial charge on any atom is -0.507 e. The van der Waals surface area contributed by atoms with Gasteiger partial charge in [-0.2, -0.15) is 5.10 Å². The van der Waals surface area contributed by atoms with Gasteiger partial charge in [-0.1, -0.05) is 18.2 Å². The zero-order chi connectivity index (χ0) is 16.7. The zero-order valence-corrected chi connectivity index (χ0v) is 12.4. The first kappa shape index (κ1) is 14.2. The molecule has 4 aromatic rings. The Morgan fingerprint density at radius 3 is 2.50 bits per heavy atom. The topological polar surface area (TPSA) is 70.7 Å². The van der Waals surface area contributed by atoms with E-state index in [1.165, 1.54) is 16.6 Å². The van der Waals surface area contributed by atoms with E-state index in [0.29, 0.717) is 22.6 Å². The largest absolute Gasteiger partial charge is 0.507 e. The summed E-state index contributed by atoms with van der Waals surface area (Å²) < 4.78 is 15.2. The van der Waals surface area contributed by atoms with E-state index < -0.39 is 11.6 Å². The van der Waals surface area contributed by atoms with Crippen molar-refractivity contribution < 1.29 is 14.6 Å². The molecule has 0 aliphatic heterocycles. The highest BCUT2D eigenvalue weighted by Crippen LogP contribution is 2.36. The molecule has 24 heavy (non-hydrogen) atoms. The van der Waals surface area contributed by atoms with Crippen LogP contribution in [0, 0.1) is 5.82 Å². The monoisotopic (exact) mass is 321 g/mol. The summed E-state index contributed by atoms with van der Waals surface area (Å²) in [6.45, 7) is 0. The predicted octanol–water partition coefficient (Wildman–Crippen LogP) is 3.61.